The van der Waals surface area contributed by atoms with Crippen LogP contribution in [-0.4, -0.2) is 111 Å². The molecule has 2 amide bonds. The summed E-state index contributed by atoms with van der Waals surface area (Å²) >= 11 is 0. The van der Waals surface area contributed by atoms with Crippen molar-refractivity contribution >= 4 is 22.2 Å². The molecular formula is C34H49N3O10S. The molecule has 5 atom stereocenters. The highest BCUT2D eigenvalue weighted by Crippen LogP contribution is 2.36. The van der Waals surface area contributed by atoms with Gasteiger partial charge in [-0.25, -0.2) is 18.0 Å². The number of carbonyl (C=O) groups excluding carboxylic acids is 1. The average molecular weight is 692 g/mol. The number of carboxylic acid groups (broad SMARTS) is 1. The van der Waals surface area contributed by atoms with Gasteiger partial charge in [0.15, 0.2) is 6.29 Å². The number of sulfonamides is 1. The van der Waals surface area contributed by atoms with Crippen LogP contribution >= 0.6 is 0 Å². The number of ether oxygens (including phenoxy) is 4. The highest BCUT2D eigenvalue weighted by molar-refractivity contribution is 7.89. The summed E-state index contributed by atoms with van der Waals surface area (Å²) in [5, 5.41) is 25.3. The van der Waals surface area contributed by atoms with Gasteiger partial charge < -0.3 is 34.5 Å². The highest BCUT2D eigenvalue weighted by Gasteiger charge is 2.49. The molecule has 2 aliphatic heterocycles. The number of rotatable bonds is 16. The predicted molar refractivity (Wildman–Crippen MR) is 177 cm³/mol. The molecule has 0 saturated carbocycles. The molecule has 0 unspecified atom stereocenters. The van der Waals surface area contributed by atoms with Gasteiger partial charge >= 0.3 is 12.2 Å². The van der Waals surface area contributed by atoms with E-state index in [2.05, 4.69) is 5.32 Å². The van der Waals surface area contributed by atoms with Crippen LogP contribution in [0.5, 0.6) is 5.75 Å². The lowest BCUT2D eigenvalue weighted by Gasteiger charge is -2.40. The van der Waals surface area contributed by atoms with E-state index in [4.69, 9.17) is 18.9 Å². The number of fused-ring (bicyclic) bond motifs is 1. The zero-order valence-electron chi connectivity index (χ0n) is 28.3. The zero-order valence-corrected chi connectivity index (χ0v) is 29.1. The first-order valence-corrected chi connectivity index (χ1v) is 17.7. The maximum Gasteiger partial charge on any atom is 0.407 e. The minimum atomic E-state index is -4.23. The van der Waals surface area contributed by atoms with Crippen LogP contribution in [0.1, 0.15) is 46.1 Å². The number of nitrogens with zero attached hydrogens (tertiary/aromatic N) is 2. The molecule has 266 valence electrons. The fourth-order valence-electron chi connectivity index (χ4n) is 6.34. The van der Waals surface area contributed by atoms with Gasteiger partial charge in [-0.3, -0.25) is 4.90 Å². The fraction of sp³-hybridized carbons (Fsp3) is 0.588. The molecule has 0 radical (unpaired) electrons. The molecule has 2 aliphatic rings. The molecule has 2 aromatic carbocycles. The summed E-state index contributed by atoms with van der Waals surface area (Å²) in [4.78, 5) is 26.3. The number of carbonyl (C=O) groups is 2. The average Bonchev–Trinajstić information content (AvgIpc) is 3.65. The Kier molecular flexibility index (Phi) is 12.7. The topological polar surface area (TPSA) is 164 Å². The van der Waals surface area contributed by atoms with Crippen LogP contribution in [0.2, 0.25) is 0 Å². The summed E-state index contributed by atoms with van der Waals surface area (Å²) in [5.41, 5.74) is 0.0964. The van der Waals surface area contributed by atoms with Crippen LogP contribution in [0.3, 0.4) is 0 Å². The second-order valence-corrected chi connectivity index (χ2v) is 15.3. The Balaban J connectivity index is 1.66. The Morgan fingerprint density at radius 3 is 2.50 bits per heavy atom. The molecule has 0 aliphatic carbocycles. The van der Waals surface area contributed by atoms with Crippen molar-refractivity contribution < 1.29 is 47.2 Å². The van der Waals surface area contributed by atoms with Gasteiger partial charge in [-0.05, 0) is 56.2 Å². The van der Waals surface area contributed by atoms with Crippen LogP contribution in [0.4, 0.5) is 9.59 Å². The van der Waals surface area contributed by atoms with Crippen LogP contribution in [0.25, 0.3) is 0 Å². The number of aliphatic hydroxyl groups excluding tert-OH is 1. The normalized spacial score (nSPS) is 20.7. The third-order valence-electron chi connectivity index (χ3n) is 8.76. The minimum Gasteiger partial charge on any atom is -0.497 e. The summed E-state index contributed by atoms with van der Waals surface area (Å²) in [6.45, 7) is 7.55. The smallest absolute Gasteiger partial charge is 0.407 e. The van der Waals surface area contributed by atoms with Crippen molar-refractivity contribution in [2.24, 2.45) is 11.3 Å². The van der Waals surface area contributed by atoms with Gasteiger partial charge in [0.2, 0.25) is 10.0 Å². The number of nitrogens with one attached hydrogen (secondary N) is 1. The van der Waals surface area contributed by atoms with Crippen LogP contribution < -0.4 is 10.1 Å². The van der Waals surface area contributed by atoms with Crippen molar-refractivity contribution in [2.75, 3.05) is 40.0 Å². The van der Waals surface area contributed by atoms with Crippen LogP contribution in [0.15, 0.2) is 59.5 Å². The molecule has 2 saturated heterocycles. The highest BCUT2D eigenvalue weighted by atomic mass is 32.2. The molecule has 14 heteroatoms. The summed E-state index contributed by atoms with van der Waals surface area (Å²) < 4.78 is 51.7. The van der Waals surface area contributed by atoms with Crippen molar-refractivity contribution in [1.29, 1.82) is 0 Å². The number of alkyl carbamates (subject to hydrolysis) is 1. The molecule has 2 heterocycles. The lowest BCUT2D eigenvalue weighted by molar-refractivity contribution is -0.0906. The number of amides is 2. The standard InChI is InChI=1S/C34H49N3O10S/c1-23(2)47-32(39)35-16-15-34(3,4)22-36(48(42,43)26-13-9-12-25(19-26)44-5)20-30(38)28(18-24-10-7-6-8-11-24)37(33(40)41)29-21-46-31-27(29)14-17-45-31/h6-13,19,23,27-31,38H,14-18,20-22H2,1-5H3,(H,35,39)(H,40,41)/t27-,28-,29-,30+,31+/m0/s1. The van der Waals surface area contributed by atoms with Gasteiger partial charge in [0.25, 0.3) is 0 Å². The molecule has 0 aromatic heterocycles. The SMILES string of the molecule is COc1cccc(S(=O)(=O)N(C[C@@H](O)[C@H](Cc2ccccc2)N(C(=O)O)[C@H]2CO[C@H]3OCC[C@H]32)CC(C)(C)CCNC(=O)OC(C)C)c1. The van der Waals surface area contributed by atoms with Crippen LogP contribution in [0, 0.1) is 11.3 Å². The summed E-state index contributed by atoms with van der Waals surface area (Å²) in [5.74, 6) is 0.134. The van der Waals surface area contributed by atoms with Gasteiger partial charge in [0, 0.05) is 31.6 Å². The second kappa shape index (κ2) is 16.3. The minimum absolute atomic E-state index is 0.0340. The maximum atomic E-state index is 14.3. The van der Waals surface area contributed by atoms with E-state index in [9.17, 15) is 28.2 Å². The largest absolute Gasteiger partial charge is 0.497 e. The maximum absolute atomic E-state index is 14.3. The monoisotopic (exact) mass is 691 g/mol. The molecule has 4 rings (SSSR count). The van der Waals surface area contributed by atoms with Gasteiger partial charge in [0.05, 0.1) is 49.5 Å². The molecule has 2 aromatic rings. The fourth-order valence-corrected chi connectivity index (χ4v) is 8.02. The van der Waals surface area contributed by atoms with E-state index in [-0.39, 0.29) is 43.0 Å². The van der Waals surface area contributed by atoms with Crippen molar-refractivity contribution in [1.82, 2.24) is 14.5 Å². The lowest BCUT2D eigenvalue weighted by atomic mass is 9.89. The number of hydrogen-bond acceptors (Lipinski definition) is 9. The molecule has 3 N–H and O–H groups in total. The third-order valence-corrected chi connectivity index (χ3v) is 10.6. The number of hydrogen-bond donors (Lipinski definition) is 3. The molecule has 13 nitrogen and oxygen atoms in total. The molecule has 0 spiro atoms. The van der Waals surface area contributed by atoms with E-state index in [1.165, 1.54) is 28.4 Å². The van der Waals surface area contributed by atoms with E-state index in [0.29, 0.717) is 25.2 Å². The number of benzene rings is 2. The molecular weight excluding hydrogens is 642 g/mol. The molecule has 48 heavy (non-hydrogen) atoms. The molecule has 2 fully saturated rings. The summed E-state index contributed by atoms with van der Waals surface area (Å²) in [6.07, 6.45) is -2.92. The Bertz CT molecular complexity index is 1470. The van der Waals surface area contributed by atoms with E-state index in [1.54, 1.807) is 26.0 Å². The van der Waals surface area contributed by atoms with Gasteiger partial charge in [-0.1, -0.05) is 50.2 Å². The Labute approximate surface area is 283 Å². The zero-order chi connectivity index (χ0) is 35.1. The first-order valence-electron chi connectivity index (χ1n) is 16.3. The van der Waals surface area contributed by atoms with Gasteiger partial charge in [-0.15, -0.1) is 0 Å². The quantitative estimate of drug-likeness (QED) is 0.235. The van der Waals surface area contributed by atoms with Crippen molar-refractivity contribution in [2.45, 2.75) is 82.4 Å². The van der Waals surface area contributed by atoms with E-state index < -0.39 is 58.6 Å². The molecule has 0 bridgehead atoms. The third kappa shape index (κ3) is 9.59. The number of methoxy groups -OCH3 is 1. The van der Waals surface area contributed by atoms with Gasteiger partial charge in [-0.2, -0.15) is 4.31 Å². The van der Waals surface area contributed by atoms with E-state index in [0.717, 1.165) is 5.56 Å². The van der Waals surface area contributed by atoms with E-state index >= 15 is 0 Å². The Morgan fingerprint density at radius 1 is 1.10 bits per heavy atom. The van der Waals surface area contributed by atoms with Crippen LogP contribution in [-0.2, 0) is 30.7 Å². The first-order chi connectivity index (χ1) is 22.7. The van der Waals surface area contributed by atoms with Crippen molar-refractivity contribution in [3.05, 3.63) is 60.2 Å². The Morgan fingerprint density at radius 2 is 1.83 bits per heavy atom. The van der Waals surface area contributed by atoms with Crippen molar-refractivity contribution in [3.63, 3.8) is 0 Å². The predicted octanol–water partition coefficient (Wildman–Crippen LogP) is 3.95. The first kappa shape index (κ1) is 37.4. The number of aliphatic hydroxyl groups is 1. The summed E-state index contributed by atoms with van der Waals surface area (Å²) in [6, 6.07) is 13.7. The van der Waals surface area contributed by atoms with Gasteiger partial charge in [0.1, 0.15) is 5.75 Å². The second-order valence-electron chi connectivity index (χ2n) is 13.4. The van der Waals surface area contributed by atoms with E-state index in [1.807, 2.05) is 44.2 Å². The summed E-state index contributed by atoms with van der Waals surface area (Å²) in [7, 11) is -2.79. The van der Waals surface area contributed by atoms with Crippen molar-refractivity contribution in [3.8, 4) is 5.75 Å². The lowest BCUT2D eigenvalue weighted by Crippen LogP contribution is -2.58. The Hall–Kier alpha value is -3.43.